The summed E-state index contributed by atoms with van der Waals surface area (Å²) in [6.45, 7) is 0.102. The number of benzene rings is 2. The SMILES string of the molecule is O=C(Nc1ccc(C(F)(F)F)cc1)c1cn(C[C@@H](O)c2ccccc2)nn1. The highest BCUT2D eigenvalue weighted by molar-refractivity contribution is 6.02. The fourth-order valence-corrected chi connectivity index (χ4v) is 2.39. The maximum Gasteiger partial charge on any atom is 0.416 e. The maximum atomic E-state index is 12.5. The van der Waals surface area contributed by atoms with E-state index in [1.54, 1.807) is 24.3 Å². The molecular weight excluding hydrogens is 361 g/mol. The van der Waals surface area contributed by atoms with Gasteiger partial charge in [-0.1, -0.05) is 35.5 Å². The molecule has 3 rings (SSSR count). The molecule has 2 aromatic carbocycles. The second kappa shape index (κ2) is 7.58. The molecule has 0 aliphatic rings. The van der Waals surface area contributed by atoms with E-state index in [2.05, 4.69) is 15.6 Å². The molecule has 0 radical (unpaired) electrons. The summed E-state index contributed by atoms with van der Waals surface area (Å²) in [7, 11) is 0. The Bertz CT molecular complexity index is 908. The normalized spacial score (nSPS) is 12.6. The smallest absolute Gasteiger partial charge is 0.386 e. The molecule has 6 nitrogen and oxygen atoms in total. The average molecular weight is 376 g/mol. The van der Waals surface area contributed by atoms with Crippen molar-refractivity contribution in [1.29, 1.82) is 0 Å². The highest BCUT2D eigenvalue weighted by Gasteiger charge is 2.30. The van der Waals surface area contributed by atoms with E-state index in [0.717, 1.165) is 24.3 Å². The van der Waals surface area contributed by atoms with Crippen LogP contribution >= 0.6 is 0 Å². The number of aliphatic hydroxyl groups excluding tert-OH is 1. The molecule has 0 spiro atoms. The molecule has 1 amide bonds. The lowest BCUT2D eigenvalue weighted by molar-refractivity contribution is -0.137. The van der Waals surface area contributed by atoms with Crippen molar-refractivity contribution in [3.63, 3.8) is 0 Å². The summed E-state index contributed by atoms with van der Waals surface area (Å²) in [6.07, 6.45) is -3.91. The van der Waals surface area contributed by atoms with Gasteiger partial charge in [-0.05, 0) is 29.8 Å². The predicted molar refractivity (Wildman–Crippen MR) is 90.8 cm³/mol. The molecule has 3 aromatic rings. The van der Waals surface area contributed by atoms with Gasteiger partial charge in [0.2, 0.25) is 0 Å². The van der Waals surface area contributed by atoms with Crippen LogP contribution in [0.2, 0.25) is 0 Å². The van der Waals surface area contributed by atoms with Crippen molar-refractivity contribution < 1.29 is 23.1 Å². The van der Waals surface area contributed by atoms with E-state index in [1.165, 1.54) is 10.9 Å². The zero-order valence-corrected chi connectivity index (χ0v) is 13.9. The fourth-order valence-electron chi connectivity index (χ4n) is 2.39. The van der Waals surface area contributed by atoms with E-state index in [-0.39, 0.29) is 17.9 Å². The Labute approximate surface area is 152 Å². The summed E-state index contributed by atoms with van der Waals surface area (Å²) in [6, 6.07) is 13.0. The van der Waals surface area contributed by atoms with Gasteiger partial charge in [0.25, 0.3) is 5.91 Å². The maximum absolute atomic E-state index is 12.5. The third kappa shape index (κ3) is 4.70. The highest BCUT2D eigenvalue weighted by Crippen LogP contribution is 2.29. The molecule has 27 heavy (non-hydrogen) atoms. The van der Waals surface area contributed by atoms with Gasteiger partial charge in [-0.25, -0.2) is 4.68 Å². The van der Waals surface area contributed by atoms with Crippen LogP contribution in [-0.2, 0) is 12.7 Å². The van der Waals surface area contributed by atoms with E-state index in [1.807, 2.05) is 6.07 Å². The van der Waals surface area contributed by atoms with Gasteiger partial charge >= 0.3 is 6.18 Å². The zero-order valence-electron chi connectivity index (χ0n) is 13.9. The number of amides is 1. The number of halogens is 3. The molecular formula is C18H15F3N4O2. The fraction of sp³-hybridized carbons (Fsp3) is 0.167. The van der Waals surface area contributed by atoms with E-state index >= 15 is 0 Å². The number of alkyl halides is 3. The van der Waals surface area contributed by atoms with Gasteiger partial charge < -0.3 is 10.4 Å². The number of nitrogens with one attached hydrogen (secondary N) is 1. The molecule has 1 atom stereocenters. The Morgan fingerprint density at radius 1 is 1.11 bits per heavy atom. The van der Waals surface area contributed by atoms with Gasteiger partial charge in [0.05, 0.1) is 24.4 Å². The summed E-state index contributed by atoms with van der Waals surface area (Å²) in [4.78, 5) is 12.2. The first-order chi connectivity index (χ1) is 12.8. The number of hydrogen-bond donors (Lipinski definition) is 2. The first-order valence-corrected chi connectivity index (χ1v) is 7.94. The van der Waals surface area contributed by atoms with Crippen molar-refractivity contribution in [3.8, 4) is 0 Å². The predicted octanol–water partition coefficient (Wildman–Crippen LogP) is 3.28. The lowest BCUT2D eigenvalue weighted by Gasteiger charge is -2.10. The van der Waals surface area contributed by atoms with Gasteiger partial charge in [-0.3, -0.25) is 4.79 Å². The number of aliphatic hydroxyl groups is 1. The number of hydrogen-bond acceptors (Lipinski definition) is 4. The quantitative estimate of drug-likeness (QED) is 0.716. The second-order valence-corrected chi connectivity index (χ2v) is 5.78. The molecule has 0 bridgehead atoms. The van der Waals surface area contributed by atoms with Gasteiger partial charge in [0.1, 0.15) is 0 Å². The Morgan fingerprint density at radius 3 is 2.41 bits per heavy atom. The lowest BCUT2D eigenvalue weighted by Crippen LogP contribution is -2.13. The molecule has 9 heteroatoms. The molecule has 0 saturated carbocycles. The van der Waals surface area contributed by atoms with Gasteiger partial charge in [-0.15, -0.1) is 5.10 Å². The Morgan fingerprint density at radius 2 is 1.78 bits per heavy atom. The number of carbonyl (C=O) groups is 1. The lowest BCUT2D eigenvalue weighted by atomic mass is 10.1. The number of nitrogens with zero attached hydrogens (tertiary/aromatic N) is 3. The number of carbonyl (C=O) groups excluding carboxylic acids is 1. The molecule has 140 valence electrons. The van der Waals surface area contributed by atoms with Gasteiger partial charge in [0.15, 0.2) is 5.69 Å². The van der Waals surface area contributed by atoms with Crippen LogP contribution in [0.15, 0.2) is 60.8 Å². The van der Waals surface area contributed by atoms with Crippen LogP contribution in [0.1, 0.15) is 27.7 Å². The number of rotatable bonds is 5. The molecule has 2 N–H and O–H groups in total. The zero-order chi connectivity index (χ0) is 19.4. The molecule has 0 saturated heterocycles. The first-order valence-electron chi connectivity index (χ1n) is 7.94. The molecule has 0 fully saturated rings. The highest BCUT2D eigenvalue weighted by atomic mass is 19.4. The largest absolute Gasteiger partial charge is 0.416 e. The first kappa shape index (κ1) is 18.6. The van der Waals surface area contributed by atoms with E-state index < -0.39 is 23.8 Å². The Kier molecular flexibility index (Phi) is 5.22. The standard InChI is InChI=1S/C18H15F3N4O2/c19-18(20,21)13-6-8-14(9-7-13)22-17(27)15-10-25(24-23-15)11-16(26)12-4-2-1-3-5-12/h1-10,16,26H,11H2,(H,22,27)/t16-/m1/s1. The third-order valence-corrected chi connectivity index (χ3v) is 3.79. The van der Waals surface area contributed by atoms with Crippen molar-refractivity contribution in [2.75, 3.05) is 5.32 Å². The molecule has 1 heterocycles. The monoisotopic (exact) mass is 376 g/mol. The van der Waals surface area contributed by atoms with E-state index in [9.17, 15) is 23.1 Å². The number of aromatic nitrogens is 3. The van der Waals surface area contributed by atoms with Crippen LogP contribution in [0.5, 0.6) is 0 Å². The van der Waals surface area contributed by atoms with Crippen LogP contribution in [0, 0.1) is 0 Å². The average Bonchev–Trinajstić information content (AvgIpc) is 3.11. The summed E-state index contributed by atoms with van der Waals surface area (Å²) >= 11 is 0. The van der Waals surface area contributed by atoms with Crippen molar-refractivity contribution >= 4 is 11.6 Å². The van der Waals surface area contributed by atoms with Crippen molar-refractivity contribution in [1.82, 2.24) is 15.0 Å². The minimum absolute atomic E-state index is 0.0184. The summed E-state index contributed by atoms with van der Waals surface area (Å²) in [5.74, 6) is -0.616. The van der Waals surface area contributed by atoms with Gasteiger partial charge in [-0.2, -0.15) is 13.2 Å². The summed E-state index contributed by atoms with van der Waals surface area (Å²) < 4.78 is 39.0. The van der Waals surface area contributed by atoms with Gasteiger partial charge in [0, 0.05) is 5.69 Å². The van der Waals surface area contributed by atoms with Crippen LogP contribution in [0.25, 0.3) is 0 Å². The molecule has 0 aliphatic heterocycles. The third-order valence-electron chi connectivity index (χ3n) is 3.79. The molecule has 1 aromatic heterocycles. The summed E-state index contributed by atoms with van der Waals surface area (Å²) in [5, 5.41) is 20.1. The van der Waals surface area contributed by atoms with Crippen LogP contribution in [0.4, 0.5) is 18.9 Å². The molecule has 0 unspecified atom stereocenters. The van der Waals surface area contributed by atoms with Crippen molar-refractivity contribution in [2.24, 2.45) is 0 Å². The minimum atomic E-state index is -4.44. The summed E-state index contributed by atoms with van der Waals surface area (Å²) in [5.41, 5.74) is 0.0760. The van der Waals surface area contributed by atoms with Crippen LogP contribution in [-0.4, -0.2) is 26.0 Å². The molecule has 0 aliphatic carbocycles. The van der Waals surface area contributed by atoms with Crippen molar-refractivity contribution in [3.05, 3.63) is 77.6 Å². The van der Waals surface area contributed by atoms with Crippen LogP contribution in [0.3, 0.4) is 0 Å². The minimum Gasteiger partial charge on any atom is -0.386 e. The second-order valence-electron chi connectivity index (χ2n) is 5.78. The Balaban J connectivity index is 1.63. The van der Waals surface area contributed by atoms with E-state index in [4.69, 9.17) is 0 Å². The Hall–Kier alpha value is -3.20. The van der Waals surface area contributed by atoms with Crippen LogP contribution < -0.4 is 5.32 Å². The van der Waals surface area contributed by atoms with Crippen molar-refractivity contribution in [2.45, 2.75) is 18.8 Å². The number of anilines is 1. The topological polar surface area (TPSA) is 80.0 Å². The van der Waals surface area contributed by atoms with E-state index in [0.29, 0.717) is 5.56 Å².